The predicted molar refractivity (Wildman–Crippen MR) is 56.1 cm³/mol. The van der Waals surface area contributed by atoms with Crippen molar-refractivity contribution in [3.05, 3.63) is 35.1 Å². The van der Waals surface area contributed by atoms with Crippen molar-refractivity contribution in [2.45, 2.75) is 25.6 Å². The number of halogens is 4. The second-order valence-corrected chi connectivity index (χ2v) is 3.69. The Bertz CT molecular complexity index is 437. The summed E-state index contributed by atoms with van der Waals surface area (Å²) in [7, 11) is 0. The molecule has 6 heteroatoms. The summed E-state index contributed by atoms with van der Waals surface area (Å²) in [6.07, 6.45) is -5.29. The van der Waals surface area contributed by atoms with Crippen LogP contribution in [0.4, 0.5) is 17.6 Å². The lowest BCUT2D eigenvalue weighted by Gasteiger charge is -2.07. The molecule has 0 bridgehead atoms. The Kier molecular flexibility index (Phi) is 5.10. The molecular weight excluding hydrogens is 250 g/mol. The molecule has 1 aromatic carbocycles. The number of nitriles is 1. The van der Waals surface area contributed by atoms with Gasteiger partial charge in [-0.25, -0.2) is 4.39 Å². The monoisotopic (exact) mass is 261 g/mol. The highest BCUT2D eigenvalue weighted by Gasteiger charge is 2.25. The fourth-order valence-corrected chi connectivity index (χ4v) is 1.31. The van der Waals surface area contributed by atoms with Crippen LogP contribution in [0, 0.1) is 17.1 Å². The minimum absolute atomic E-state index is 0.101. The molecule has 18 heavy (non-hydrogen) atoms. The third-order valence-electron chi connectivity index (χ3n) is 2.18. The highest BCUT2D eigenvalue weighted by molar-refractivity contribution is 5.33. The van der Waals surface area contributed by atoms with Gasteiger partial charge in [0.1, 0.15) is 5.82 Å². The largest absolute Gasteiger partial charge is 0.389 e. The van der Waals surface area contributed by atoms with Gasteiger partial charge in [0.25, 0.3) is 0 Å². The topological polar surface area (TPSA) is 33.0 Å². The summed E-state index contributed by atoms with van der Waals surface area (Å²) in [5.74, 6) is -0.537. The van der Waals surface area contributed by atoms with Crippen LogP contribution in [-0.2, 0) is 11.3 Å². The van der Waals surface area contributed by atoms with E-state index < -0.39 is 18.4 Å². The summed E-state index contributed by atoms with van der Waals surface area (Å²) in [6.45, 7) is -0.241. The van der Waals surface area contributed by atoms with E-state index in [9.17, 15) is 17.6 Å². The molecule has 0 saturated heterocycles. The van der Waals surface area contributed by atoms with Gasteiger partial charge in [-0.3, -0.25) is 0 Å². The Hall–Kier alpha value is -1.61. The van der Waals surface area contributed by atoms with Crippen molar-refractivity contribution in [3.8, 4) is 6.07 Å². The third kappa shape index (κ3) is 5.15. The lowest BCUT2D eigenvalue weighted by atomic mass is 10.1. The van der Waals surface area contributed by atoms with E-state index in [0.717, 1.165) is 6.07 Å². The molecule has 0 aliphatic heterocycles. The van der Waals surface area contributed by atoms with Gasteiger partial charge in [-0.15, -0.1) is 0 Å². The molecule has 0 atom stereocenters. The SMILES string of the molecule is N#Cc1ccc(F)c(COCCCC(F)(F)F)c1. The number of rotatable bonds is 5. The van der Waals surface area contributed by atoms with Crippen molar-refractivity contribution in [1.82, 2.24) is 0 Å². The van der Waals surface area contributed by atoms with Gasteiger partial charge < -0.3 is 4.74 Å². The molecule has 98 valence electrons. The maximum absolute atomic E-state index is 13.2. The van der Waals surface area contributed by atoms with E-state index in [0.29, 0.717) is 0 Å². The smallest absolute Gasteiger partial charge is 0.377 e. The fraction of sp³-hybridized carbons (Fsp3) is 0.417. The minimum Gasteiger partial charge on any atom is -0.377 e. The molecule has 0 spiro atoms. The Morgan fingerprint density at radius 1 is 1.28 bits per heavy atom. The third-order valence-corrected chi connectivity index (χ3v) is 2.18. The molecule has 1 rings (SSSR count). The summed E-state index contributed by atoms with van der Waals surface area (Å²) in [5.41, 5.74) is 0.450. The molecule has 0 aromatic heterocycles. The maximum atomic E-state index is 13.2. The first kappa shape index (κ1) is 14.5. The standard InChI is InChI=1S/C12H11F4NO/c13-11-3-2-9(7-17)6-10(11)8-18-5-1-4-12(14,15)16/h2-3,6H,1,4-5,8H2. The lowest BCUT2D eigenvalue weighted by Crippen LogP contribution is -2.09. The van der Waals surface area contributed by atoms with E-state index in [1.54, 1.807) is 0 Å². The molecule has 0 heterocycles. The highest BCUT2D eigenvalue weighted by atomic mass is 19.4. The van der Waals surface area contributed by atoms with E-state index in [1.807, 2.05) is 6.07 Å². The zero-order valence-electron chi connectivity index (χ0n) is 9.43. The normalized spacial score (nSPS) is 11.3. The van der Waals surface area contributed by atoms with Crippen LogP contribution in [0.15, 0.2) is 18.2 Å². The molecule has 2 nitrogen and oxygen atoms in total. The molecule has 0 amide bonds. The van der Waals surface area contributed by atoms with Crippen LogP contribution in [0.2, 0.25) is 0 Å². The number of hydrogen-bond acceptors (Lipinski definition) is 2. The van der Waals surface area contributed by atoms with Crippen LogP contribution >= 0.6 is 0 Å². The molecule has 0 aliphatic rings. The van der Waals surface area contributed by atoms with Crippen LogP contribution in [0.1, 0.15) is 24.0 Å². The molecule has 0 radical (unpaired) electrons. The van der Waals surface area contributed by atoms with Gasteiger partial charge >= 0.3 is 6.18 Å². The zero-order valence-corrected chi connectivity index (χ0v) is 9.43. The summed E-state index contributed by atoms with van der Waals surface area (Å²) in [6, 6.07) is 5.62. The molecule has 0 fully saturated rings. The quantitative estimate of drug-likeness (QED) is 0.599. The molecule has 0 aliphatic carbocycles. The van der Waals surface area contributed by atoms with E-state index in [1.165, 1.54) is 12.1 Å². The Labute approximate surface area is 102 Å². The van der Waals surface area contributed by atoms with Crippen LogP contribution in [0.25, 0.3) is 0 Å². The van der Waals surface area contributed by atoms with E-state index in [2.05, 4.69) is 0 Å². The van der Waals surface area contributed by atoms with Crippen molar-refractivity contribution in [3.63, 3.8) is 0 Å². The first-order chi connectivity index (χ1) is 8.42. The molecular formula is C12H11F4NO. The van der Waals surface area contributed by atoms with E-state index in [4.69, 9.17) is 10.00 Å². The average molecular weight is 261 g/mol. The minimum atomic E-state index is -4.20. The summed E-state index contributed by atoms with van der Waals surface area (Å²) < 4.78 is 53.6. The van der Waals surface area contributed by atoms with Gasteiger partial charge in [-0.2, -0.15) is 18.4 Å². The maximum Gasteiger partial charge on any atom is 0.389 e. The number of nitrogens with zero attached hydrogens (tertiary/aromatic N) is 1. The second-order valence-electron chi connectivity index (χ2n) is 3.69. The molecule has 0 N–H and O–H groups in total. The van der Waals surface area contributed by atoms with Crippen LogP contribution in [0.5, 0.6) is 0 Å². The number of hydrogen-bond donors (Lipinski definition) is 0. The van der Waals surface area contributed by atoms with Gasteiger partial charge in [-0.1, -0.05) is 0 Å². The number of benzene rings is 1. The Morgan fingerprint density at radius 2 is 2.00 bits per heavy atom. The van der Waals surface area contributed by atoms with Gasteiger partial charge in [0, 0.05) is 18.6 Å². The predicted octanol–water partition coefficient (Wildman–Crippen LogP) is 3.56. The summed E-state index contributed by atoms with van der Waals surface area (Å²) in [4.78, 5) is 0. The van der Waals surface area contributed by atoms with Crippen LogP contribution in [0.3, 0.4) is 0 Å². The second kappa shape index (κ2) is 6.36. The number of ether oxygens (including phenoxy) is 1. The van der Waals surface area contributed by atoms with Crippen molar-refractivity contribution < 1.29 is 22.3 Å². The zero-order chi connectivity index (χ0) is 13.6. The van der Waals surface area contributed by atoms with Crippen molar-refractivity contribution >= 4 is 0 Å². The van der Waals surface area contributed by atoms with Gasteiger partial charge in [0.15, 0.2) is 0 Å². The highest BCUT2D eigenvalue weighted by Crippen LogP contribution is 2.21. The van der Waals surface area contributed by atoms with E-state index >= 15 is 0 Å². The Morgan fingerprint density at radius 3 is 2.61 bits per heavy atom. The van der Waals surface area contributed by atoms with Crippen molar-refractivity contribution in [1.29, 1.82) is 5.26 Å². The van der Waals surface area contributed by atoms with E-state index in [-0.39, 0.29) is 30.8 Å². The molecule has 0 saturated carbocycles. The van der Waals surface area contributed by atoms with Gasteiger partial charge in [0.05, 0.1) is 18.2 Å². The summed E-state index contributed by atoms with van der Waals surface area (Å²) >= 11 is 0. The first-order valence-electron chi connectivity index (χ1n) is 5.25. The summed E-state index contributed by atoms with van der Waals surface area (Å²) in [5, 5.41) is 8.61. The van der Waals surface area contributed by atoms with Crippen molar-refractivity contribution in [2.75, 3.05) is 6.61 Å². The molecule has 0 unspecified atom stereocenters. The molecule has 1 aromatic rings. The lowest BCUT2D eigenvalue weighted by molar-refractivity contribution is -0.138. The van der Waals surface area contributed by atoms with Gasteiger partial charge in [-0.05, 0) is 24.6 Å². The van der Waals surface area contributed by atoms with Crippen LogP contribution in [-0.4, -0.2) is 12.8 Å². The average Bonchev–Trinajstić information content (AvgIpc) is 2.29. The fourth-order valence-electron chi connectivity index (χ4n) is 1.31. The van der Waals surface area contributed by atoms with Gasteiger partial charge in [0.2, 0.25) is 0 Å². The van der Waals surface area contributed by atoms with Crippen molar-refractivity contribution in [2.24, 2.45) is 0 Å². The Balaban J connectivity index is 2.38. The van der Waals surface area contributed by atoms with Crippen LogP contribution < -0.4 is 0 Å². The first-order valence-corrected chi connectivity index (χ1v) is 5.25. The number of alkyl halides is 3.